The molecule has 1 aliphatic heterocycles. The Morgan fingerprint density at radius 3 is 1.97 bits per heavy atom. The highest BCUT2D eigenvalue weighted by atomic mass is 32.2. The third kappa shape index (κ3) is 10.4. The smallest absolute Gasteiger partial charge is 0.410 e. The van der Waals surface area contributed by atoms with Gasteiger partial charge in [-0.3, -0.25) is 0 Å². The van der Waals surface area contributed by atoms with Gasteiger partial charge in [-0.2, -0.15) is 9.10 Å². The highest BCUT2D eigenvalue weighted by Crippen LogP contribution is 2.43. The Hall–Kier alpha value is -6.87. The van der Waals surface area contributed by atoms with Gasteiger partial charge in [0.1, 0.15) is 32.6 Å². The predicted octanol–water partition coefficient (Wildman–Crippen LogP) is 6.64. The summed E-state index contributed by atoms with van der Waals surface area (Å²) in [5.74, 6) is 1.63. The lowest BCUT2D eigenvalue weighted by molar-refractivity contribution is 0.0292. The normalized spacial score (nSPS) is 14.4. The minimum absolute atomic E-state index is 0.00930. The summed E-state index contributed by atoms with van der Waals surface area (Å²) in [6, 6.07) is 28.5. The quantitative estimate of drug-likeness (QED) is 0.104. The summed E-state index contributed by atoms with van der Waals surface area (Å²) in [7, 11) is -5.02. The highest BCUT2D eigenvalue weighted by molar-refractivity contribution is 7.92. The Labute approximate surface area is 388 Å². The molecule has 350 valence electrons. The maximum atomic E-state index is 16.1. The van der Waals surface area contributed by atoms with Crippen molar-refractivity contribution in [3.05, 3.63) is 126 Å². The third-order valence-electron chi connectivity index (χ3n) is 11.1. The van der Waals surface area contributed by atoms with Crippen molar-refractivity contribution in [2.45, 2.75) is 68.3 Å². The minimum atomic E-state index is -4.92. The number of amides is 1. The summed E-state index contributed by atoms with van der Waals surface area (Å²) < 4.78 is 88.0. The Bertz CT molecular complexity index is 3050. The van der Waals surface area contributed by atoms with Crippen LogP contribution < -0.4 is 18.9 Å². The number of carbonyl (C=O) groups is 1. The van der Waals surface area contributed by atoms with Gasteiger partial charge in [-0.1, -0.05) is 54.6 Å². The van der Waals surface area contributed by atoms with Crippen molar-refractivity contribution < 1.29 is 40.6 Å². The number of ether oxygens (including phenoxy) is 4. The van der Waals surface area contributed by atoms with Crippen LogP contribution in [0.2, 0.25) is 0 Å². The summed E-state index contributed by atoms with van der Waals surface area (Å²) in [4.78, 5) is 22.3. The van der Waals surface area contributed by atoms with E-state index in [2.05, 4.69) is 25.0 Å². The summed E-state index contributed by atoms with van der Waals surface area (Å²) in [6.07, 6.45) is 1.17. The number of benzene rings is 5. The molecule has 0 radical (unpaired) electrons. The number of rotatable bonds is 16. The SMILES string of the molecule is COc1ccc(CN(Cc2ccc(OC)cc2)S(=O)(=O)c2c(S(=O)(=O)NC3CCN(C(=O)OC(C)(C)C)C3)ccc(-c3cccc4[nH]cnc34)c2-c2nnn(Cc3ccc(OC)cc3)n2)cc1. The molecule has 0 bridgehead atoms. The van der Waals surface area contributed by atoms with Gasteiger partial charge in [-0.25, -0.2) is 31.3 Å². The van der Waals surface area contributed by atoms with Crippen LogP contribution in [0.1, 0.15) is 43.9 Å². The molecule has 3 heterocycles. The average Bonchev–Trinajstić information content (AvgIpc) is 4.11. The molecule has 1 fully saturated rings. The first-order valence-corrected chi connectivity index (χ1v) is 24.2. The second-order valence-corrected chi connectivity index (χ2v) is 20.5. The van der Waals surface area contributed by atoms with Crippen molar-refractivity contribution in [3.8, 4) is 39.8 Å². The molecule has 0 aliphatic carbocycles. The molecule has 1 amide bonds. The van der Waals surface area contributed by atoms with Crippen molar-refractivity contribution >= 4 is 37.2 Å². The first-order valence-electron chi connectivity index (χ1n) is 21.3. The molecule has 1 unspecified atom stereocenters. The Balaban J connectivity index is 1.34. The Morgan fingerprint density at radius 2 is 1.39 bits per heavy atom. The second kappa shape index (κ2) is 19.2. The van der Waals surface area contributed by atoms with E-state index >= 15 is 16.8 Å². The lowest BCUT2D eigenvalue weighted by Gasteiger charge is -2.27. The molecular weight excluding hydrogens is 899 g/mol. The van der Waals surface area contributed by atoms with Crippen LogP contribution in [0.4, 0.5) is 4.79 Å². The summed E-state index contributed by atoms with van der Waals surface area (Å²) in [5.41, 5.74) is 3.00. The highest BCUT2D eigenvalue weighted by Gasteiger charge is 2.40. The van der Waals surface area contributed by atoms with Crippen LogP contribution in [0.5, 0.6) is 17.2 Å². The fourth-order valence-electron chi connectivity index (χ4n) is 7.82. The molecule has 1 atom stereocenters. The number of H-pyrrole nitrogens is 1. The number of likely N-dealkylation sites (tertiary alicyclic amines) is 1. The van der Waals surface area contributed by atoms with Crippen LogP contribution in [-0.4, -0.2) is 108 Å². The van der Waals surface area contributed by atoms with Crippen molar-refractivity contribution in [1.82, 2.24) is 44.1 Å². The van der Waals surface area contributed by atoms with Crippen molar-refractivity contribution in [1.29, 1.82) is 0 Å². The number of para-hydroxylation sites is 1. The van der Waals surface area contributed by atoms with Crippen molar-refractivity contribution in [2.24, 2.45) is 0 Å². The van der Waals surface area contributed by atoms with E-state index in [4.69, 9.17) is 24.0 Å². The zero-order valence-corrected chi connectivity index (χ0v) is 39.5. The van der Waals surface area contributed by atoms with Gasteiger partial charge in [0.05, 0.1) is 50.8 Å². The fraction of sp³-hybridized carbons (Fsp3) is 0.298. The van der Waals surface area contributed by atoms with E-state index in [1.165, 1.54) is 46.7 Å². The molecule has 0 spiro atoms. The molecule has 5 aromatic carbocycles. The molecule has 0 saturated carbocycles. The van der Waals surface area contributed by atoms with E-state index < -0.39 is 47.6 Å². The third-order valence-corrected chi connectivity index (χ3v) is 14.7. The molecular formula is C47H51N9O9S2. The lowest BCUT2D eigenvalue weighted by atomic mass is 9.98. The van der Waals surface area contributed by atoms with Gasteiger partial charge >= 0.3 is 6.09 Å². The zero-order chi connectivity index (χ0) is 47.5. The van der Waals surface area contributed by atoms with Gasteiger partial charge in [-0.15, -0.1) is 10.2 Å². The zero-order valence-electron chi connectivity index (χ0n) is 37.8. The largest absolute Gasteiger partial charge is 0.497 e. The fourth-order valence-corrected chi connectivity index (χ4v) is 11.5. The lowest BCUT2D eigenvalue weighted by Crippen LogP contribution is -2.41. The molecule has 8 rings (SSSR count). The van der Waals surface area contributed by atoms with Crippen LogP contribution in [0.15, 0.2) is 119 Å². The van der Waals surface area contributed by atoms with Gasteiger partial charge in [-0.05, 0) is 103 Å². The van der Waals surface area contributed by atoms with E-state index in [9.17, 15) is 4.79 Å². The molecule has 1 aliphatic rings. The number of nitrogens with one attached hydrogen (secondary N) is 2. The molecule has 18 nitrogen and oxygen atoms in total. The monoisotopic (exact) mass is 949 g/mol. The van der Waals surface area contributed by atoms with Gasteiger partial charge in [0, 0.05) is 37.8 Å². The Morgan fingerprint density at radius 1 is 0.791 bits per heavy atom. The van der Waals surface area contributed by atoms with E-state index in [0.717, 1.165) is 5.56 Å². The van der Waals surface area contributed by atoms with Crippen LogP contribution in [0.3, 0.4) is 0 Å². The number of sulfonamides is 2. The molecule has 2 aromatic heterocycles. The maximum Gasteiger partial charge on any atom is 0.410 e. The molecule has 2 N–H and O–H groups in total. The Kier molecular flexibility index (Phi) is 13.3. The first kappa shape index (κ1) is 46.7. The van der Waals surface area contributed by atoms with E-state index in [1.54, 1.807) is 101 Å². The number of fused-ring (bicyclic) bond motifs is 1. The summed E-state index contributed by atoms with van der Waals surface area (Å²) >= 11 is 0. The number of imidazole rings is 1. The van der Waals surface area contributed by atoms with E-state index in [-0.39, 0.29) is 56.1 Å². The topological polar surface area (TPSA) is 213 Å². The van der Waals surface area contributed by atoms with Crippen LogP contribution in [-0.2, 0) is 44.4 Å². The molecule has 7 aromatic rings. The van der Waals surface area contributed by atoms with Crippen molar-refractivity contribution in [3.63, 3.8) is 0 Å². The standard InChI is InChI=1S/C47H51N9O9S2/c1-47(2,3)65-46(57)54-25-24-34(29-54)52-66(58,59)41-23-22-38(39-8-7-9-40-43(39)49-30-48-40)42(45-50-53-56(51-45)28-33-14-20-37(64-6)21-15-33)44(41)67(60,61)55(26-31-10-16-35(62-4)17-11-31)27-32-12-18-36(63-5)19-13-32/h7-23,30,34,52H,24-29H2,1-6H3,(H,48,49). The number of nitrogens with zero attached hydrogens (tertiary/aromatic N) is 7. The number of carbonyl (C=O) groups excluding carboxylic acids is 1. The number of hydrogen-bond donors (Lipinski definition) is 2. The molecule has 20 heteroatoms. The molecule has 67 heavy (non-hydrogen) atoms. The number of aromatic amines is 1. The average molecular weight is 950 g/mol. The van der Waals surface area contributed by atoms with Gasteiger partial charge in [0.25, 0.3) is 0 Å². The van der Waals surface area contributed by atoms with Gasteiger partial charge < -0.3 is 28.8 Å². The summed E-state index contributed by atoms with van der Waals surface area (Å²) in [6.45, 7) is 5.21. The first-order chi connectivity index (χ1) is 32.0. The summed E-state index contributed by atoms with van der Waals surface area (Å²) in [5, 5.41) is 13.5. The number of hydrogen-bond acceptors (Lipinski definition) is 13. The minimum Gasteiger partial charge on any atom is -0.497 e. The predicted molar refractivity (Wildman–Crippen MR) is 249 cm³/mol. The van der Waals surface area contributed by atoms with E-state index in [1.807, 2.05) is 18.2 Å². The van der Waals surface area contributed by atoms with Crippen LogP contribution >= 0.6 is 0 Å². The van der Waals surface area contributed by atoms with Crippen molar-refractivity contribution in [2.75, 3.05) is 34.4 Å². The second-order valence-electron chi connectivity index (χ2n) is 16.9. The number of tetrazole rings is 1. The van der Waals surface area contributed by atoms with E-state index in [0.29, 0.717) is 45.0 Å². The van der Waals surface area contributed by atoms with Gasteiger partial charge in [0.2, 0.25) is 25.9 Å². The van der Waals surface area contributed by atoms with Crippen LogP contribution in [0, 0.1) is 0 Å². The van der Waals surface area contributed by atoms with Crippen LogP contribution in [0.25, 0.3) is 33.5 Å². The number of methoxy groups -OCH3 is 3. The van der Waals surface area contributed by atoms with Gasteiger partial charge in [0.15, 0.2) is 0 Å². The maximum absolute atomic E-state index is 16.1. The number of aromatic nitrogens is 6. The molecule has 1 saturated heterocycles.